The highest BCUT2D eigenvalue weighted by atomic mass is 19.1. The first-order valence-electron chi connectivity index (χ1n) is 6.28. The highest BCUT2D eigenvalue weighted by Gasteiger charge is 2.21. The van der Waals surface area contributed by atoms with Crippen molar-refractivity contribution in [2.45, 2.75) is 39.7 Å². The van der Waals surface area contributed by atoms with E-state index >= 15 is 0 Å². The zero-order valence-corrected chi connectivity index (χ0v) is 10.8. The molecule has 1 nitrogen and oxygen atoms in total. The topological polar surface area (TPSA) is 12.0 Å². The number of benzene rings is 1. The van der Waals surface area contributed by atoms with Gasteiger partial charge in [-0.05, 0) is 24.9 Å². The van der Waals surface area contributed by atoms with Crippen molar-refractivity contribution in [2.24, 2.45) is 5.92 Å². The Morgan fingerprint density at radius 1 is 1.24 bits per heavy atom. The molecule has 1 rings (SSSR count). The standard InChI is InChI=1S/C14H21F2N/c1-4-6-10(3)14(17-5-2)12-8-7-11(15)9-13(12)16/h7-10,14,17H,4-6H2,1-3H3. The first-order valence-corrected chi connectivity index (χ1v) is 6.28. The third-order valence-electron chi connectivity index (χ3n) is 3.03. The van der Waals surface area contributed by atoms with Gasteiger partial charge in [0.25, 0.3) is 0 Å². The molecular weight excluding hydrogens is 220 g/mol. The molecule has 0 heterocycles. The van der Waals surface area contributed by atoms with Crippen LogP contribution in [0.4, 0.5) is 8.78 Å². The van der Waals surface area contributed by atoms with Gasteiger partial charge in [0, 0.05) is 17.7 Å². The zero-order chi connectivity index (χ0) is 12.8. The average molecular weight is 241 g/mol. The molecule has 0 aliphatic heterocycles. The first kappa shape index (κ1) is 14.1. The summed E-state index contributed by atoms with van der Waals surface area (Å²) in [5, 5.41) is 3.28. The number of hydrogen-bond donors (Lipinski definition) is 1. The third kappa shape index (κ3) is 3.77. The molecule has 2 atom stereocenters. The second-order valence-electron chi connectivity index (χ2n) is 4.47. The maximum atomic E-state index is 13.7. The van der Waals surface area contributed by atoms with Crippen LogP contribution in [0.3, 0.4) is 0 Å². The zero-order valence-electron chi connectivity index (χ0n) is 10.8. The van der Waals surface area contributed by atoms with Crippen LogP contribution in [0, 0.1) is 17.6 Å². The molecule has 96 valence electrons. The van der Waals surface area contributed by atoms with Crippen molar-refractivity contribution in [1.29, 1.82) is 0 Å². The third-order valence-corrected chi connectivity index (χ3v) is 3.03. The minimum Gasteiger partial charge on any atom is -0.310 e. The number of hydrogen-bond acceptors (Lipinski definition) is 1. The normalized spacial score (nSPS) is 14.6. The summed E-state index contributed by atoms with van der Waals surface area (Å²) in [6.07, 6.45) is 2.08. The monoisotopic (exact) mass is 241 g/mol. The smallest absolute Gasteiger partial charge is 0.130 e. The molecule has 0 spiro atoms. The van der Waals surface area contributed by atoms with Crippen LogP contribution in [0.1, 0.15) is 45.2 Å². The second kappa shape index (κ2) is 6.70. The molecule has 0 aliphatic rings. The predicted molar refractivity (Wildman–Crippen MR) is 66.8 cm³/mol. The summed E-state index contributed by atoms with van der Waals surface area (Å²) >= 11 is 0. The molecule has 0 fully saturated rings. The molecule has 0 aliphatic carbocycles. The maximum absolute atomic E-state index is 13.7. The van der Waals surface area contributed by atoms with Crippen LogP contribution in [-0.2, 0) is 0 Å². The van der Waals surface area contributed by atoms with Gasteiger partial charge in [0.1, 0.15) is 11.6 Å². The van der Waals surface area contributed by atoms with Gasteiger partial charge >= 0.3 is 0 Å². The van der Waals surface area contributed by atoms with Crippen LogP contribution >= 0.6 is 0 Å². The molecule has 2 unspecified atom stereocenters. The molecule has 0 radical (unpaired) electrons. The Morgan fingerprint density at radius 3 is 2.47 bits per heavy atom. The van der Waals surface area contributed by atoms with E-state index in [1.807, 2.05) is 6.92 Å². The lowest BCUT2D eigenvalue weighted by molar-refractivity contribution is 0.358. The SMILES string of the molecule is CCCC(C)C(NCC)c1ccc(F)cc1F. The van der Waals surface area contributed by atoms with Gasteiger partial charge in [-0.3, -0.25) is 0 Å². The lowest BCUT2D eigenvalue weighted by Crippen LogP contribution is -2.27. The van der Waals surface area contributed by atoms with Gasteiger partial charge in [-0.25, -0.2) is 8.78 Å². The van der Waals surface area contributed by atoms with Gasteiger partial charge in [-0.1, -0.05) is 33.3 Å². The van der Waals surface area contributed by atoms with E-state index in [1.54, 1.807) is 6.07 Å². The first-order chi connectivity index (χ1) is 8.10. The van der Waals surface area contributed by atoms with Gasteiger partial charge in [-0.15, -0.1) is 0 Å². The summed E-state index contributed by atoms with van der Waals surface area (Å²) in [5.74, 6) is -0.650. The van der Waals surface area contributed by atoms with Crippen molar-refractivity contribution in [3.63, 3.8) is 0 Å². The van der Waals surface area contributed by atoms with Gasteiger partial charge in [-0.2, -0.15) is 0 Å². The Kier molecular flexibility index (Phi) is 5.56. The Hall–Kier alpha value is -0.960. The molecule has 0 aromatic heterocycles. The quantitative estimate of drug-likeness (QED) is 0.792. The van der Waals surface area contributed by atoms with Crippen LogP contribution in [-0.4, -0.2) is 6.54 Å². The summed E-state index contributed by atoms with van der Waals surface area (Å²) in [6.45, 7) is 6.97. The molecular formula is C14H21F2N. The summed E-state index contributed by atoms with van der Waals surface area (Å²) < 4.78 is 26.6. The Bertz CT molecular complexity index is 352. The molecule has 1 aromatic rings. The van der Waals surface area contributed by atoms with Crippen molar-refractivity contribution in [3.05, 3.63) is 35.4 Å². The highest BCUT2D eigenvalue weighted by Crippen LogP contribution is 2.27. The molecule has 17 heavy (non-hydrogen) atoms. The molecule has 3 heteroatoms. The maximum Gasteiger partial charge on any atom is 0.130 e. The average Bonchev–Trinajstić information content (AvgIpc) is 2.27. The van der Waals surface area contributed by atoms with Crippen LogP contribution in [0.2, 0.25) is 0 Å². The van der Waals surface area contributed by atoms with Gasteiger partial charge in [0.2, 0.25) is 0 Å². The van der Waals surface area contributed by atoms with Gasteiger partial charge in [0.15, 0.2) is 0 Å². The molecule has 0 saturated carbocycles. The number of halogens is 2. The van der Waals surface area contributed by atoms with Crippen molar-refractivity contribution in [3.8, 4) is 0 Å². The van der Waals surface area contributed by atoms with Crippen LogP contribution < -0.4 is 5.32 Å². The molecule has 0 bridgehead atoms. The molecule has 1 aromatic carbocycles. The Morgan fingerprint density at radius 2 is 1.94 bits per heavy atom. The fourth-order valence-electron chi connectivity index (χ4n) is 2.21. The fourth-order valence-corrected chi connectivity index (χ4v) is 2.21. The number of rotatable bonds is 6. The Labute approximate surface area is 102 Å². The molecule has 0 saturated heterocycles. The summed E-state index contributed by atoms with van der Waals surface area (Å²) in [6, 6.07) is 3.78. The van der Waals surface area contributed by atoms with E-state index in [0.717, 1.165) is 25.5 Å². The molecule has 0 amide bonds. The fraction of sp³-hybridized carbons (Fsp3) is 0.571. The van der Waals surface area contributed by atoms with E-state index in [2.05, 4.69) is 19.2 Å². The van der Waals surface area contributed by atoms with E-state index in [0.29, 0.717) is 11.5 Å². The van der Waals surface area contributed by atoms with E-state index in [9.17, 15) is 8.78 Å². The minimum absolute atomic E-state index is 0.0412. The van der Waals surface area contributed by atoms with Crippen LogP contribution in [0.15, 0.2) is 18.2 Å². The van der Waals surface area contributed by atoms with Crippen molar-refractivity contribution < 1.29 is 8.78 Å². The highest BCUT2D eigenvalue weighted by molar-refractivity contribution is 5.22. The number of nitrogens with one attached hydrogen (secondary N) is 1. The van der Waals surface area contributed by atoms with Crippen molar-refractivity contribution >= 4 is 0 Å². The van der Waals surface area contributed by atoms with E-state index in [4.69, 9.17) is 0 Å². The van der Waals surface area contributed by atoms with Gasteiger partial charge in [0.05, 0.1) is 0 Å². The van der Waals surface area contributed by atoms with Crippen LogP contribution in [0.25, 0.3) is 0 Å². The van der Waals surface area contributed by atoms with E-state index in [-0.39, 0.29) is 6.04 Å². The van der Waals surface area contributed by atoms with Crippen LogP contribution in [0.5, 0.6) is 0 Å². The van der Waals surface area contributed by atoms with Crippen molar-refractivity contribution in [2.75, 3.05) is 6.54 Å². The summed E-state index contributed by atoms with van der Waals surface area (Å²) in [7, 11) is 0. The minimum atomic E-state index is -0.523. The summed E-state index contributed by atoms with van der Waals surface area (Å²) in [5.41, 5.74) is 0.564. The Balaban J connectivity index is 2.96. The second-order valence-corrected chi connectivity index (χ2v) is 4.47. The largest absolute Gasteiger partial charge is 0.310 e. The van der Waals surface area contributed by atoms with Crippen molar-refractivity contribution in [1.82, 2.24) is 5.32 Å². The van der Waals surface area contributed by atoms with E-state index in [1.165, 1.54) is 6.07 Å². The molecule has 1 N–H and O–H groups in total. The van der Waals surface area contributed by atoms with E-state index < -0.39 is 11.6 Å². The lowest BCUT2D eigenvalue weighted by Gasteiger charge is -2.25. The van der Waals surface area contributed by atoms with Gasteiger partial charge < -0.3 is 5.32 Å². The lowest BCUT2D eigenvalue weighted by atomic mass is 9.90. The predicted octanol–water partition coefficient (Wildman–Crippen LogP) is 4.05. The summed E-state index contributed by atoms with van der Waals surface area (Å²) in [4.78, 5) is 0.